The van der Waals surface area contributed by atoms with Gasteiger partial charge in [0.25, 0.3) is 0 Å². The van der Waals surface area contributed by atoms with Crippen LogP contribution in [0.4, 0.5) is 21.8 Å². The van der Waals surface area contributed by atoms with Gasteiger partial charge in [-0.15, -0.1) is 0 Å². The number of hydrogen-bond donors (Lipinski definition) is 3. The van der Waals surface area contributed by atoms with E-state index in [2.05, 4.69) is 44.7 Å². The van der Waals surface area contributed by atoms with E-state index in [1.165, 1.54) is 18.2 Å². The highest BCUT2D eigenvalue weighted by Gasteiger charge is 2.49. The van der Waals surface area contributed by atoms with Gasteiger partial charge in [0.1, 0.15) is 17.2 Å². The third-order valence-electron chi connectivity index (χ3n) is 6.83. The van der Waals surface area contributed by atoms with E-state index in [0.717, 1.165) is 6.42 Å². The second kappa shape index (κ2) is 15.8. The van der Waals surface area contributed by atoms with E-state index in [0.29, 0.717) is 68.5 Å². The molecule has 1 aromatic heterocycles. The van der Waals surface area contributed by atoms with Crippen LogP contribution in [-0.4, -0.2) is 90.6 Å². The summed E-state index contributed by atoms with van der Waals surface area (Å²) < 4.78 is 19.0. The van der Waals surface area contributed by atoms with Crippen molar-refractivity contribution in [2.75, 3.05) is 58.0 Å². The van der Waals surface area contributed by atoms with Crippen molar-refractivity contribution >= 4 is 29.3 Å². The van der Waals surface area contributed by atoms with Gasteiger partial charge in [0.05, 0.1) is 17.9 Å². The van der Waals surface area contributed by atoms with Crippen molar-refractivity contribution in [2.45, 2.75) is 51.2 Å². The standard InChI is InChI=1S/C31H42FN7O3/c1-6-16-33-28-23(21-35-30(37-28)36-25-14-10-13-24(32)19-25)12-8-7-9-17-34-29(41)31(2)20-26(42-5)22-39(31)27(40)15-11-18-38(3)4/h10-11,13-15,19,21,26H,6-7,9,16-18,20,22H2,1-5H3,(H,34,41)(H2,33,35,36,37)/b15-11+/t26-,31+/m1/s1. The number of nitrogens with one attached hydrogen (secondary N) is 3. The Bertz CT molecular complexity index is 1310. The molecule has 0 aliphatic carbocycles. The number of carbonyl (C=O) groups excluding carboxylic acids is 2. The average Bonchev–Trinajstić information content (AvgIpc) is 3.32. The van der Waals surface area contributed by atoms with Gasteiger partial charge in [-0.05, 0) is 52.1 Å². The number of nitrogens with zero attached hydrogens (tertiary/aromatic N) is 4. The molecule has 226 valence electrons. The number of halogens is 1. The van der Waals surface area contributed by atoms with E-state index in [1.807, 2.05) is 19.0 Å². The molecular formula is C31H42FN7O3. The molecule has 3 N–H and O–H groups in total. The number of aromatic nitrogens is 2. The number of likely N-dealkylation sites (N-methyl/N-ethyl adjacent to an activating group) is 1. The van der Waals surface area contributed by atoms with Crippen molar-refractivity contribution in [1.29, 1.82) is 0 Å². The molecule has 0 spiro atoms. The van der Waals surface area contributed by atoms with Crippen molar-refractivity contribution < 1.29 is 18.7 Å². The van der Waals surface area contributed by atoms with E-state index in [-0.39, 0.29) is 23.7 Å². The highest BCUT2D eigenvalue weighted by Crippen LogP contribution is 2.31. The Morgan fingerprint density at radius 2 is 2.12 bits per heavy atom. The number of hydrogen-bond acceptors (Lipinski definition) is 8. The van der Waals surface area contributed by atoms with Crippen LogP contribution in [0.1, 0.15) is 45.1 Å². The zero-order chi connectivity index (χ0) is 30.5. The lowest BCUT2D eigenvalue weighted by molar-refractivity contribution is -0.141. The number of carbonyl (C=O) groups is 2. The quantitative estimate of drug-likeness (QED) is 0.188. The highest BCUT2D eigenvalue weighted by molar-refractivity contribution is 5.96. The smallest absolute Gasteiger partial charge is 0.247 e. The van der Waals surface area contributed by atoms with Gasteiger partial charge < -0.3 is 30.5 Å². The maximum atomic E-state index is 13.5. The second-order valence-electron chi connectivity index (χ2n) is 10.6. The predicted octanol–water partition coefficient (Wildman–Crippen LogP) is 3.55. The van der Waals surface area contributed by atoms with E-state index < -0.39 is 5.54 Å². The number of amides is 2. The van der Waals surface area contributed by atoms with Crippen molar-refractivity contribution in [3.8, 4) is 11.8 Å². The van der Waals surface area contributed by atoms with Crippen LogP contribution < -0.4 is 16.0 Å². The first-order valence-corrected chi connectivity index (χ1v) is 14.2. The molecule has 2 aromatic rings. The Morgan fingerprint density at radius 3 is 2.83 bits per heavy atom. The third-order valence-corrected chi connectivity index (χ3v) is 6.83. The van der Waals surface area contributed by atoms with E-state index in [4.69, 9.17) is 4.74 Å². The van der Waals surface area contributed by atoms with Gasteiger partial charge in [-0.1, -0.05) is 30.9 Å². The largest absolute Gasteiger partial charge is 0.380 e. The molecule has 1 saturated heterocycles. The van der Waals surface area contributed by atoms with Crippen molar-refractivity contribution in [3.63, 3.8) is 0 Å². The first kappa shape index (κ1) is 32.5. The molecule has 0 radical (unpaired) electrons. The molecule has 1 aromatic carbocycles. The van der Waals surface area contributed by atoms with E-state index in [1.54, 1.807) is 43.3 Å². The Balaban J connectivity index is 1.57. The Labute approximate surface area is 248 Å². The lowest BCUT2D eigenvalue weighted by atomic mass is 9.96. The van der Waals surface area contributed by atoms with Crippen LogP contribution in [0, 0.1) is 17.7 Å². The lowest BCUT2D eigenvalue weighted by Gasteiger charge is -2.32. The van der Waals surface area contributed by atoms with Crippen LogP contribution in [0.2, 0.25) is 0 Å². The minimum Gasteiger partial charge on any atom is -0.380 e. The Kier molecular flexibility index (Phi) is 12.3. The third kappa shape index (κ3) is 9.26. The molecule has 42 heavy (non-hydrogen) atoms. The van der Waals surface area contributed by atoms with Crippen molar-refractivity contribution in [1.82, 2.24) is 25.1 Å². The van der Waals surface area contributed by atoms with Crippen molar-refractivity contribution in [3.05, 3.63) is 54.0 Å². The molecule has 11 heteroatoms. The van der Waals surface area contributed by atoms with Gasteiger partial charge in [-0.25, -0.2) is 9.37 Å². The first-order valence-electron chi connectivity index (χ1n) is 14.2. The van der Waals surface area contributed by atoms with Crippen LogP contribution in [0.25, 0.3) is 0 Å². The van der Waals surface area contributed by atoms with Gasteiger partial charge >= 0.3 is 0 Å². The molecule has 0 unspecified atom stereocenters. The first-order chi connectivity index (χ1) is 20.2. The fraction of sp³-hybridized carbons (Fsp3) is 0.484. The monoisotopic (exact) mass is 579 g/mol. The summed E-state index contributed by atoms with van der Waals surface area (Å²) in [5, 5.41) is 9.26. The molecule has 0 bridgehead atoms. The molecule has 2 atom stereocenters. The van der Waals surface area contributed by atoms with Crippen LogP contribution in [0.15, 0.2) is 42.6 Å². The molecule has 1 fully saturated rings. The normalized spacial score (nSPS) is 18.2. The van der Waals surface area contributed by atoms with Crippen LogP contribution in [-0.2, 0) is 14.3 Å². The minimum absolute atomic E-state index is 0.202. The molecule has 2 amide bonds. The second-order valence-corrected chi connectivity index (χ2v) is 10.6. The molecule has 1 aliphatic rings. The topological polar surface area (TPSA) is 112 Å². The lowest BCUT2D eigenvalue weighted by Crippen LogP contribution is -2.55. The summed E-state index contributed by atoms with van der Waals surface area (Å²) in [5.41, 5.74) is 0.206. The molecule has 2 heterocycles. The molecule has 3 rings (SSSR count). The molecule has 1 aliphatic heterocycles. The summed E-state index contributed by atoms with van der Waals surface area (Å²) in [6.45, 7) is 5.98. The summed E-state index contributed by atoms with van der Waals surface area (Å²) in [7, 11) is 5.45. The number of methoxy groups -OCH3 is 1. The van der Waals surface area contributed by atoms with Gasteiger partial charge in [-0.2, -0.15) is 4.98 Å². The van der Waals surface area contributed by atoms with Crippen LogP contribution >= 0.6 is 0 Å². The summed E-state index contributed by atoms with van der Waals surface area (Å²) in [6.07, 6.45) is 7.27. The number of likely N-dealkylation sites (tertiary alicyclic amines) is 1. The zero-order valence-electron chi connectivity index (χ0n) is 25.2. The van der Waals surface area contributed by atoms with Crippen molar-refractivity contribution in [2.24, 2.45) is 0 Å². The summed E-state index contributed by atoms with van der Waals surface area (Å²) in [4.78, 5) is 38.5. The maximum Gasteiger partial charge on any atom is 0.247 e. The fourth-order valence-corrected chi connectivity index (χ4v) is 4.52. The number of unbranched alkanes of at least 4 members (excludes halogenated alkanes) is 1. The van der Waals surface area contributed by atoms with Gasteiger partial charge in [0.2, 0.25) is 17.8 Å². The number of ether oxygens (including phenoxy) is 1. The molecule has 0 saturated carbocycles. The predicted molar refractivity (Wildman–Crippen MR) is 163 cm³/mol. The number of anilines is 3. The molecule has 10 nitrogen and oxygen atoms in total. The average molecular weight is 580 g/mol. The van der Waals surface area contributed by atoms with E-state index in [9.17, 15) is 14.0 Å². The summed E-state index contributed by atoms with van der Waals surface area (Å²) >= 11 is 0. The maximum absolute atomic E-state index is 13.5. The zero-order valence-corrected chi connectivity index (χ0v) is 25.2. The highest BCUT2D eigenvalue weighted by atomic mass is 19.1. The number of benzene rings is 1. The van der Waals surface area contributed by atoms with Crippen LogP contribution in [0.3, 0.4) is 0 Å². The van der Waals surface area contributed by atoms with Gasteiger partial charge in [-0.3, -0.25) is 9.59 Å². The minimum atomic E-state index is -0.996. The van der Waals surface area contributed by atoms with Gasteiger partial charge in [0.15, 0.2) is 0 Å². The van der Waals surface area contributed by atoms with Gasteiger partial charge in [0, 0.05) is 57.9 Å². The fourth-order valence-electron chi connectivity index (χ4n) is 4.52. The Morgan fingerprint density at radius 1 is 1.31 bits per heavy atom. The summed E-state index contributed by atoms with van der Waals surface area (Å²) in [5.74, 6) is 6.43. The molecular weight excluding hydrogens is 537 g/mol. The Hall–Kier alpha value is -4.01. The number of rotatable bonds is 13. The van der Waals surface area contributed by atoms with Crippen LogP contribution in [0.5, 0.6) is 0 Å². The SMILES string of the molecule is CCCNc1nc(Nc2cccc(F)c2)ncc1C#CCCCNC(=O)[C@]1(C)C[C@@H](OC)CN1C(=O)/C=C/CN(C)C. The summed E-state index contributed by atoms with van der Waals surface area (Å²) in [6, 6.07) is 6.09. The van der Waals surface area contributed by atoms with E-state index >= 15 is 0 Å².